The number of nitrogens with two attached hydrogens (primary N) is 1. The highest BCUT2D eigenvalue weighted by Gasteiger charge is 2.56. The van der Waals surface area contributed by atoms with Crippen LogP contribution in [0.2, 0.25) is 0 Å². The summed E-state index contributed by atoms with van der Waals surface area (Å²) in [4.78, 5) is 42.9. The number of amides is 2. The number of nitrogens with zero attached hydrogens (tertiary/aromatic N) is 5. The van der Waals surface area contributed by atoms with Gasteiger partial charge in [-0.05, 0) is 17.2 Å². The lowest BCUT2D eigenvalue weighted by molar-refractivity contribution is -0.145. The Hall–Kier alpha value is -2.13. The Bertz CT molecular complexity index is 1180. The average molecular weight is 635 g/mol. The number of nitrogen functional groups attached to an aromatic ring is 1. The first kappa shape index (κ1) is 29.8. The zero-order chi connectivity index (χ0) is 28.0. The largest absolute Gasteiger partial charge is 0.477 e. The van der Waals surface area contributed by atoms with Crippen molar-refractivity contribution < 1.29 is 24.7 Å². The third kappa shape index (κ3) is 6.62. The van der Waals surface area contributed by atoms with Gasteiger partial charge in [-0.15, -0.1) is 23.5 Å². The molecule has 0 bridgehead atoms. The first-order chi connectivity index (χ1) is 18.8. The van der Waals surface area contributed by atoms with Crippen molar-refractivity contribution >= 4 is 93.5 Å². The van der Waals surface area contributed by atoms with Crippen molar-refractivity contribution in [3.63, 3.8) is 0 Å². The van der Waals surface area contributed by atoms with Crippen molar-refractivity contribution in [1.29, 1.82) is 0 Å². The van der Waals surface area contributed by atoms with Gasteiger partial charge in [0, 0.05) is 31.1 Å². The van der Waals surface area contributed by atoms with E-state index in [0.717, 1.165) is 35.8 Å². The number of thiazole rings is 1. The maximum atomic E-state index is 13.0. The summed E-state index contributed by atoms with van der Waals surface area (Å²) < 4.78 is 0.407. The van der Waals surface area contributed by atoms with Crippen molar-refractivity contribution in [2.24, 2.45) is 5.16 Å². The number of carbonyl (C=O) groups excluding carboxylic acids is 2. The minimum atomic E-state index is -1.12. The number of carbonyl (C=O) groups is 3. The van der Waals surface area contributed by atoms with Crippen molar-refractivity contribution in [2.75, 3.05) is 49.8 Å². The summed E-state index contributed by atoms with van der Waals surface area (Å²) in [5.41, 5.74) is 8.79. The van der Waals surface area contributed by atoms with Crippen LogP contribution in [0.5, 0.6) is 0 Å². The van der Waals surface area contributed by atoms with E-state index in [9.17, 15) is 19.5 Å². The molecule has 0 radical (unpaired) electrons. The highest BCUT2D eigenvalue weighted by Crippen LogP contribution is 2.53. The lowest BCUT2D eigenvalue weighted by Gasteiger charge is -2.47. The van der Waals surface area contributed by atoms with Gasteiger partial charge in [-0.3, -0.25) is 14.5 Å². The molecule has 1 aromatic rings. The molecule has 7 N–H and O–H groups in total. The molecule has 4 heterocycles. The highest BCUT2D eigenvalue weighted by atomic mass is 32.2. The van der Waals surface area contributed by atoms with Crippen LogP contribution < -0.4 is 25.9 Å². The number of hydrogen-bond acceptors (Lipinski definition) is 15. The Labute approximate surface area is 245 Å². The van der Waals surface area contributed by atoms with Crippen LogP contribution in [0.1, 0.15) is 0 Å². The molecule has 1 saturated heterocycles. The highest BCUT2D eigenvalue weighted by molar-refractivity contribution is 8.23. The number of carboxylic acids is 1. The van der Waals surface area contributed by atoms with Gasteiger partial charge in [0.2, 0.25) is 5.91 Å². The van der Waals surface area contributed by atoms with Gasteiger partial charge >= 0.3 is 17.7 Å². The Kier molecular flexibility index (Phi) is 10.3. The molecule has 39 heavy (non-hydrogen) atoms. The minimum Gasteiger partial charge on any atom is -0.477 e. The summed E-state index contributed by atoms with van der Waals surface area (Å²) in [6.07, 6.45) is 4.15. The third-order valence-electron chi connectivity index (χ3n) is 5.55. The molecule has 14 nitrogen and oxygen atoms in total. The van der Waals surface area contributed by atoms with Crippen molar-refractivity contribution in [3.05, 3.63) is 27.6 Å². The summed E-state index contributed by atoms with van der Waals surface area (Å²) in [6.45, 7) is 2.49. The van der Waals surface area contributed by atoms with Crippen LogP contribution in [0.15, 0.2) is 32.7 Å². The van der Waals surface area contributed by atoms with E-state index >= 15 is 0 Å². The number of hydrogen-bond donors (Lipinski definition) is 6. The molecule has 0 spiro atoms. The molecule has 0 aromatic carbocycles. The van der Waals surface area contributed by atoms with Crippen LogP contribution in [-0.4, -0.2) is 104 Å². The number of likely N-dealkylation sites (N-methyl/N-ethyl adjacent to an activating group) is 1. The number of rotatable bonds is 14. The topological polar surface area (TPSA) is 186 Å². The molecule has 1 aromatic heterocycles. The Morgan fingerprint density at radius 3 is 2.90 bits per heavy atom. The molecule has 3 aliphatic heterocycles. The normalized spacial score (nSPS) is 24.4. The molecule has 1 fully saturated rings. The summed E-state index contributed by atoms with van der Waals surface area (Å²) in [5, 5.41) is 30.8. The van der Waals surface area contributed by atoms with Gasteiger partial charge in [0.1, 0.15) is 32.6 Å². The SMILES string of the molecule is CNCCNCCSCN1C=C(S[C@@H]2C(=O)N3C(C(=O)O)=CCS[C@@H]23)S[N+]1(NC(=O)C=NO)c1csc(N)n1. The van der Waals surface area contributed by atoms with E-state index in [1.54, 1.807) is 23.2 Å². The Morgan fingerprint density at radius 2 is 2.21 bits per heavy atom. The fourth-order valence-electron chi connectivity index (χ4n) is 3.80. The molecular formula is C20H28N9O5S5+. The van der Waals surface area contributed by atoms with Crippen LogP contribution in [-0.2, 0) is 14.4 Å². The van der Waals surface area contributed by atoms with Crippen molar-refractivity contribution in [2.45, 2.75) is 10.6 Å². The lowest BCUT2D eigenvalue weighted by atomic mass is 10.1. The van der Waals surface area contributed by atoms with Crippen LogP contribution in [0.4, 0.5) is 10.9 Å². The molecule has 19 heteroatoms. The van der Waals surface area contributed by atoms with Crippen molar-refractivity contribution in [3.8, 4) is 0 Å². The van der Waals surface area contributed by atoms with Crippen LogP contribution in [0.3, 0.4) is 0 Å². The van der Waals surface area contributed by atoms with Gasteiger partial charge in [0.25, 0.3) is 0 Å². The van der Waals surface area contributed by atoms with Crippen LogP contribution in [0, 0.1) is 0 Å². The van der Waals surface area contributed by atoms with E-state index in [4.69, 9.17) is 10.9 Å². The second-order valence-corrected chi connectivity index (χ2v) is 13.8. The van der Waals surface area contributed by atoms with Crippen LogP contribution >= 0.6 is 58.6 Å². The van der Waals surface area contributed by atoms with Gasteiger partial charge in [-0.1, -0.05) is 28.3 Å². The monoisotopic (exact) mass is 634 g/mol. The maximum Gasteiger partial charge on any atom is 0.352 e. The van der Waals surface area contributed by atoms with Gasteiger partial charge in [-0.25, -0.2) is 4.79 Å². The fraction of sp³-hybridized carbons (Fsp3) is 0.450. The summed E-state index contributed by atoms with van der Waals surface area (Å²) in [7, 11) is 1.89. The van der Waals surface area contributed by atoms with E-state index in [1.165, 1.54) is 51.7 Å². The predicted molar refractivity (Wildman–Crippen MR) is 159 cm³/mol. The number of oxime groups is 1. The van der Waals surface area contributed by atoms with E-state index in [-0.39, 0.29) is 21.1 Å². The van der Waals surface area contributed by atoms with E-state index in [1.807, 2.05) is 18.3 Å². The first-order valence-electron chi connectivity index (χ1n) is 11.6. The number of carboxylic acid groups (broad SMARTS) is 1. The molecule has 2 amide bonds. The fourth-order valence-corrected chi connectivity index (χ4v) is 9.53. The third-order valence-corrected chi connectivity index (χ3v) is 11.1. The second kappa shape index (κ2) is 13.5. The standard InChI is InChI=1S/C20H27N9O5S5/c1-22-3-4-23-5-7-35-11-27-9-15(38-16-17(31)28-12(19(32)33)2-6-36-18(16)28)39-29(27,26-14(30)8-24-34)13-10-37-20(21)25-13/h2,8-10,16,18,22-23H,3-7,11H2,1H3,(H4-,21,25,26,30,32,33,34)/p+1/t16-,18+,29?/m1/s1. The maximum absolute atomic E-state index is 13.0. The number of thioether (sulfide) groups is 3. The second-order valence-electron chi connectivity index (χ2n) is 8.08. The van der Waals surface area contributed by atoms with Gasteiger partial charge in [0.05, 0.1) is 11.6 Å². The molecule has 3 atom stereocenters. The predicted octanol–water partition coefficient (Wildman–Crippen LogP) is 0.687. The van der Waals surface area contributed by atoms with Crippen LogP contribution in [0.25, 0.3) is 0 Å². The summed E-state index contributed by atoms with van der Waals surface area (Å²) in [6, 6.07) is 0. The number of fused-ring (bicyclic) bond motifs is 1. The molecule has 4 rings (SSSR count). The van der Waals surface area contributed by atoms with E-state index < -0.39 is 17.1 Å². The lowest BCUT2D eigenvalue weighted by Crippen LogP contribution is -2.63. The smallest absolute Gasteiger partial charge is 0.352 e. The number of β-lactam (4-membered cyclic amide) rings is 1. The van der Waals surface area contributed by atoms with Gasteiger partial charge in [-0.2, -0.15) is 15.4 Å². The number of quaternary nitrogens is 1. The zero-order valence-corrected chi connectivity index (χ0v) is 24.8. The molecule has 3 aliphatic rings. The van der Waals surface area contributed by atoms with Gasteiger partial charge in [0.15, 0.2) is 17.1 Å². The average Bonchev–Trinajstić information content (AvgIpc) is 3.50. The summed E-state index contributed by atoms with van der Waals surface area (Å²) >= 11 is 6.92. The molecule has 0 aliphatic carbocycles. The molecule has 0 saturated carbocycles. The van der Waals surface area contributed by atoms with Crippen molar-refractivity contribution in [1.82, 2.24) is 35.1 Å². The van der Waals surface area contributed by atoms with E-state index in [2.05, 4.69) is 26.2 Å². The Balaban J connectivity index is 1.54. The Morgan fingerprint density at radius 1 is 1.38 bits per heavy atom. The minimum absolute atomic E-state index is 0.00800. The quantitative estimate of drug-likeness (QED) is 0.0319. The number of nitrogens with one attached hydrogen (secondary N) is 3. The molecule has 212 valence electrons. The van der Waals surface area contributed by atoms with Gasteiger partial charge < -0.3 is 26.7 Å². The number of anilines is 1. The zero-order valence-electron chi connectivity index (χ0n) is 20.7. The molecule has 1 unspecified atom stereocenters. The first-order valence-corrected chi connectivity index (χ1v) is 16.3. The number of aromatic nitrogens is 1. The number of aliphatic carboxylic acids is 1. The molecular weight excluding hydrogens is 607 g/mol. The van der Waals surface area contributed by atoms with E-state index in [0.29, 0.717) is 22.6 Å². The summed E-state index contributed by atoms with van der Waals surface area (Å²) in [5.74, 6) is 0.120.